The van der Waals surface area contributed by atoms with Gasteiger partial charge in [0.05, 0.1) is 18.4 Å². The number of nitrogens with one attached hydrogen (secondary N) is 1. The van der Waals surface area contributed by atoms with Crippen LogP contribution in [0.3, 0.4) is 0 Å². The van der Waals surface area contributed by atoms with Crippen molar-refractivity contribution in [3.63, 3.8) is 0 Å². The molecule has 88 valence electrons. The van der Waals surface area contributed by atoms with Crippen molar-refractivity contribution in [1.82, 2.24) is 10.3 Å². The summed E-state index contributed by atoms with van der Waals surface area (Å²) < 4.78 is 0. The van der Waals surface area contributed by atoms with Gasteiger partial charge in [-0.2, -0.15) is 0 Å². The lowest BCUT2D eigenvalue weighted by molar-refractivity contribution is -0.117. The number of hydrogen-bond donors (Lipinski definition) is 1. The molecule has 0 spiro atoms. The fraction of sp³-hybridized carbons (Fsp3) is 0.500. The third kappa shape index (κ3) is 3.98. The quantitative estimate of drug-likeness (QED) is 0.840. The molecule has 1 aromatic heterocycles. The van der Waals surface area contributed by atoms with Crippen molar-refractivity contribution in [2.24, 2.45) is 0 Å². The van der Waals surface area contributed by atoms with Crippen LogP contribution in [0.15, 0.2) is 24.5 Å². The molecule has 1 amide bonds. The average molecular weight is 221 g/mol. The van der Waals surface area contributed by atoms with Crippen LogP contribution in [0.5, 0.6) is 0 Å². The molecule has 16 heavy (non-hydrogen) atoms. The third-order valence-corrected chi connectivity index (χ3v) is 2.18. The Labute approximate surface area is 96.7 Å². The normalized spacial score (nSPS) is 11.2. The van der Waals surface area contributed by atoms with Gasteiger partial charge in [-0.05, 0) is 32.9 Å². The lowest BCUT2D eigenvalue weighted by atomic mass is 10.1. The first-order chi connectivity index (χ1) is 7.40. The minimum Gasteiger partial charge on any atom is -0.313 e. The Bertz CT molecular complexity index is 343. The van der Waals surface area contributed by atoms with E-state index in [2.05, 4.69) is 10.3 Å². The number of rotatable bonds is 3. The standard InChI is InChI=1S/C12H19N3O/c1-12(2,3)14-9-11(16)15(4)10-6-5-7-13-8-10/h5-8,14H,9H2,1-4H3. The summed E-state index contributed by atoms with van der Waals surface area (Å²) in [5.41, 5.74) is 0.758. The zero-order valence-electron chi connectivity index (χ0n) is 10.3. The molecule has 1 aromatic rings. The highest BCUT2D eigenvalue weighted by Crippen LogP contribution is 2.09. The SMILES string of the molecule is CN(C(=O)CNC(C)(C)C)c1cccnc1. The van der Waals surface area contributed by atoms with Crippen molar-refractivity contribution in [2.75, 3.05) is 18.5 Å². The molecule has 0 unspecified atom stereocenters. The zero-order chi connectivity index (χ0) is 12.2. The zero-order valence-corrected chi connectivity index (χ0v) is 10.3. The number of amides is 1. The molecule has 4 heteroatoms. The molecule has 1 N–H and O–H groups in total. The molecule has 0 fully saturated rings. The number of pyridine rings is 1. The van der Waals surface area contributed by atoms with Gasteiger partial charge < -0.3 is 10.2 Å². The van der Waals surface area contributed by atoms with Crippen LogP contribution in [0.25, 0.3) is 0 Å². The van der Waals surface area contributed by atoms with Crippen molar-refractivity contribution >= 4 is 11.6 Å². The van der Waals surface area contributed by atoms with Crippen LogP contribution in [0.1, 0.15) is 20.8 Å². The van der Waals surface area contributed by atoms with E-state index in [9.17, 15) is 4.79 Å². The van der Waals surface area contributed by atoms with Gasteiger partial charge in [-0.1, -0.05) is 0 Å². The predicted octanol–water partition coefficient (Wildman–Crippen LogP) is 1.43. The van der Waals surface area contributed by atoms with Gasteiger partial charge in [-0.25, -0.2) is 0 Å². The Balaban J connectivity index is 2.55. The second kappa shape index (κ2) is 5.07. The molecule has 0 saturated carbocycles. The van der Waals surface area contributed by atoms with E-state index in [1.807, 2.05) is 32.9 Å². The second-order valence-electron chi connectivity index (χ2n) is 4.77. The molecule has 0 saturated heterocycles. The Hall–Kier alpha value is -1.42. The van der Waals surface area contributed by atoms with E-state index in [1.165, 1.54) is 0 Å². The number of carbonyl (C=O) groups excluding carboxylic acids is 1. The molecular weight excluding hydrogens is 202 g/mol. The minimum atomic E-state index is -0.0502. The highest BCUT2D eigenvalue weighted by atomic mass is 16.2. The summed E-state index contributed by atoms with van der Waals surface area (Å²) >= 11 is 0. The Morgan fingerprint density at radius 1 is 1.50 bits per heavy atom. The number of nitrogens with zero attached hydrogens (tertiary/aromatic N) is 2. The van der Waals surface area contributed by atoms with Gasteiger partial charge in [0.15, 0.2) is 0 Å². The number of anilines is 1. The summed E-state index contributed by atoms with van der Waals surface area (Å²) in [6, 6.07) is 3.68. The van der Waals surface area contributed by atoms with E-state index >= 15 is 0 Å². The maximum Gasteiger partial charge on any atom is 0.240 e. The van der Waals surface area contributed by atoms with Crippen molar-refractivity contribution in [3.05, 3.63) is 24.5 Å². The van der Waals surface area contributed by atoms with Crippen LogP contribution < -0.4 is 10.2 Å². The summed E-state index contributed by atoms with van der Waals surface area (Å²) in [5.74, 6) is 0.0305. The van der Waals surface area contributed by atoms with Crippen molar-refractivity contribution in [3.8, 4) is 0 Å². The maximum atomic E-state index is 11.8. The first-order valence-corrected chi connectivity index (χ1v) is 5.32. The van der Waals surface area contributed by atoms with Gasteiger partial charge in [0.2, 0.25) is 5.91 Å². The maximum absolute atomic E-state index is 11.8. The molecule has 0 bridgehead atoms. The highest BCUT2D eigenvalue weighted by Gasteiger charge is 2.15. The number of likely N-dealkylation sites (N-methyl/N-ethyl adjacent to an activating group) is 1. The van der Waals surface area contributed by atoms with Gasteiger partial charge in [-0.3, -0.25) is 9.78 Å². The molecule has 0 aliphatic rings. The average Bonchev–Trinajstić information content (AvgIpc) is 2.25. The molecule has 0 aliphatic heterocycles. The Morgan fingerprint density at radius 2 is 2.19 bits per heavy atom. The number of carbonyl (C=O) groups is 1. The predicted molar refractivity (Wildman–Crippen MR) is 65.4 cm³/mol. The van der Waals surface area contributed by atoms with Gasteiger partial charge in [0, 0.05) is 18.8 Å². The smallest absolute Gasteiger partial charge is 0.240 e. The number of aromatic nitrogens is 1. The summed E-state index contributed by atoms with van der Waals surface area (Å²) in [4.78, 5) is 17.4. The topological polar surface area (TPSA) is 45.2 Å². The van der Waals surface area contributed by atoms with Crippen LogP contribution in [0.2, 0.25) is 0 Å². The van der Waals surface area contributed by atoms with E-state index in [-0.39, 0.29) is 11.4 Å². The fourth-order valence-electron chi connectivity index (χ4n) is 1.16. The molecule has 0 aromatic carbocycles. The van der Waals surface area contributed by atoms with Crippen LogP contribution in [-0.4, -0.2) is 30.0 Å². The monoisotopic (exact) mass is 221 g/mol. The van der Waals surface area contributed by atoms with E-state index in [4.69, 9.17) is 0 Å². The summed E-state index contributed by atoms with van der Waals surface area (Å²) in [7, 11) is 1.75. The van der Waals surface area contributed by atoms with E-state index in [1.54, 1.807) is 24.3 Å². The van der Waals surface area contributed by atoms with Gasteiger partial charge >= 0.3 is 0 Å². The van der Waals surface area contributed by atoms with Crippen molar-refractivity contribution in [2.45, 2.75) is 26.3 Å². The summed E-state index contributed by atoms with van der Waals surface area (Å²) in [6.07, 6.45) is 3.37. The second-order valence-corrected chi connectivity index (χ2v) is 4.77. The third-order valence-electron chi connectivity index (χ3n) is 2.18. The fourth-order valence-corrected chi connectivity index (χ4v) is 1.16. The van der Waals surface area contributed by atoms with Gasteiger partial charge in [-0.15, -0.1) is 0 Å². The molecule has 4 nitrogen and oxygen atoms in total. The molecular formula is C12H19N3O. The number of hydrogen-bond acceptors (Lipinski definition) is 3. The van der Waals surface area contributed by atoms with Gasteiger partial charge in [0.1, 0.15) is 0 Å². The van der Waals surface area contributed by atoms with Crippen LogP contribution in [0.4, 0.5) is 5.69 Å². The van der Waals surface area contributed by atoms with Crippen molar-refractivity contribution in [1.29, 1.82) is 0 Å². The highest BCUT2D eigenvalue weighted by molar-refractivity contribution is 5.94. The first-order valence-electron chi connectivity index (χ1n) is 5.32. The lowest BCUT2D eigenvalue weighted by Crippen LogP contribution is -2.43. The molecule has 0 radical (unpaired) electrons. The summed E-state index contributed by atoms with van der Waals surface area (Å²) in [6.45, 7) is 6.42. The van der Waals surface area contributed by atoms with Crippen LogP contribution >= 0.6 is 0 Å². The van der Waals surface area contributed by atoms with Crippen LogP contribution in [0, 0.1) is 0 Å². The summed E-state index contributed by atoms with van der Waals surface area (Å²) in [5, 5.41) is 3.16. The molecule has 0 aliphatic carbocycles. The Morgan fingerprint density at radius 3 is 2.69 bits per heavy atom. The van der Waals surface area contributed by atoms with Crippen LogP contribution in [-0.2, 0) is 4.79 Å². The lowest BCUT2D eigenvalue weighted by Gasteiger charge is -2.23. The van der Waals surface area contributed by atoms with Crippen molar-refractivity contribution < 1.29 is 4.79 Å². The Kier molecular flexibility index (Phi) is 4.01. The first kappa shape index (κ1) is 12.6. The van der Waals surface area contributed by atoms with E-state index in [0.717, 1.165) is 5.69 Å². The molecule has 1 heterocycles. The molecule has 1 rings (SSSR count). The van der Waals surface area contributed by atoms with E-state index < -0.39 is 0 Å². The molecule has 0 atom stereocenters. The largest absolute Gasteiger partial charge is 0.313 e. The van der Waals surface area contributed by atoms with Gasteiger partial charge in [0.25, 0.3) is 0 Å². The van der Waals surface area contributed by atoms with E-state index in [0.29, 0.717) is 6.54 Å². The minimum absolute atomic E-state index is 0.0305.